The predicted molar refractivity (Wildman–Crippen MR) is 136 cm³/mol. The number of fused-ring (bicyclic) bond motifs is 1. The second kappa shape index (κ2) is 10.2. The Morgan fingerprint density at radius 1 is 0.943 bits per heavy atom. The molecule has 0 radical (unpaired) electrons. The number of nitrogens with one attached hydrogen (secondary N) is 1. The summed E-state index contributed by atoms with van der Waals surface area (Å²) < 4.78 is 38.3. The first kappa shape index (κ1) is 24.3. The minimum absolute atomic E-state index is 0.0583. The van der Waals surface area contributed by atoms with Crippen LogP contribution in [0, 0.1) is 0 Å². The zero-order valence-electron chi connectivity index (χ0n) is 18.9. The van der Waals surface area contributed by atoms with Gasteiger partial charge in [-0.05, 0) is 54.6 Å². The van der Waals surface area contributed by atoms with Crippen LogP contribution in [0.3, 0.4) is 0 Å². The minimum atomic E-state index is -4.04. The highest BCUT2D eigenvalue weighted by molar-refractivity contribution is 7.92. The number of halogens is 1. The zero-order chi connectivity index (χ0) is 25.0. The molecule has 0 spiro atoms. The maximum Gasteiger partial charge on any atom is 0.264 e. The van der Waals surface area contributed by atoms with Crippen molar-refractivity contribution in [2.45, 2.75) is 4.90 Å². The summed E-state index contributed by atoms with van der Waals surface area (Å²) in [5, 5.41) is 3.48. The van der Waals surface area contributed by atoms with Gasteiger partial charge in [0.25, 0.3) is 10.0 Å². The first-order chi connectivity index (χ1) is 16.8. The number of hydrogen-bond donors (Lipinski definition) is 1. The van der Waals surface area contributed by atoms with E-state index < -0.39 is 22.5 Å². The first-order valence-corrected chi connectivity index (χ1v) is 12.3. The number of carbonyl (C=O) groups is 1. The molecule has 1 heterocycles. The van der Waals surface area contributed by atoms with Crippen molar-refractivity contribution in [1.82, 2.24) is 4.98 Å². The number of rotatable bonds is 8. The minimum Gasteiger partial charge on any atom is -0.497 e. The lowest BCUT2D eigenvalue weighted by molar-refractivity contribution is -0.114. The van der Waals surface area contributed by atoms with Gasteiger partial charge in [-0.1, -0.05) is 29.8 Å². The normalized spacial score (nSPS) is 11.2. The van der Waals surface area contributed by atoms with Crippen molar-refractivity contribution < 1.29 is 22.7 Å². The number of carbonyl (C=O) groups excluding carboxylic acids is 1. The number of pyridine rings is 1. The van der Waals surface area contributed by atoms with Gasteiger partial charge in [0.1, 0.15) is 18.0 Å². The monoisotopic (exact) mass is 511 g/mol. The number of amides is 1. The Hall–Kier alpha value is -3.82. The van der Waals surface area contributed by atoms with Gasteiger partial charge in [-0.15, -0.1) is 0 Å². The topological polar surface area (TPSA) is 97.8 Å². The van der Waals surface area contributed by atoms with Crippen LogP contribution in [0.4, 0.5) is 11.4 Å². The summed E-state index contributed by atoms with van der Waals surface area (Å²) in [5.74, 6) is 0.594. The molecule has 0 aliphatic heterocycles. The van der Waals surface area contributed by atoms with Gasteiger partial charge in [-0.2, -0.15) is 0 Å². The van der Waals surface area contributed by atoms with Gasteiger partial charge >= 0.3 is 0 Å². The van der Waals surface area contributed by atoms with E-state index >= 15 is 0 Å². The molecule has 4 aromatic rings. The van der Waals surface area contributed by atoms with Crippen LogP contribution in [-0.2, 0) is 14.8 Å². The Bertz CT molecular complexity index is 1460. The Morgan fingerprint density at radius 2 is 1.60 bits per heavy atom. The molecule has 3 aromatic carbocycles. The predicted octanol–water partition coefficient (Wildman–Crippen LogP) is 4.74. The number of aromatic nitrogens is 1. The number of anilines is 2. The number of sulfonamides is 1. The van der Waals surface area contributed by atoms with Crippen molar-refractivity contribution in [2.24, 2.45) is 0 Å². The average Bonchev–Trinajstić information content (AvgIpc) is 2.88. The molecule has 4 rings (SSSR count). The zero-order valence-corrected chi connectivity index (χ0v) is 20.5. The van der Waals surface area contributed by atoms with Crippen LogP contribution in [0.15, 0.2) is 83.8 Å². The summed E-state index contributed by atoms with van der Waals surface area (Å²) in [5.41, 5.74) is 1.17. The van der Waals surface area contributed by atoms with Crippen LogP contribution >= 0.6 is 11.6 Å². The highest BCUT2D eigenvalue weighted by Gasteiger charge is 2.27. The molecule has 1 aromatic heterocycles. The third kappa shape index (κ3) is 5.31. The van der Waals surface area contributed by atoms with Gasteiger partial charge in [0.2, 0.25) is 5.91 Å². The van der Waals surface area contributed by atoms with Gasteiger partial charge in [0.05, 0.1) is 36.0 Å². The molecule has 1 amide bonds. The van der Waals surface area contributed by atoms with Crippen molar-refractivity contribution in [1.29, 1.82) is 0 Å². The van der Waals surface area contributed by atoms with Crippen LogP contribution in [0.2, 0.25) is 5.15 Å². The van der Waals surface area contributed by atoms with Crippen molar-refractivity contribution in [3.8, 4) is 11.5 Å². The van der Waals surface area contributed by atoms with E-state index in [0.717, 1.165) is 9.69 Å². The molecule has 0 aliphatic carbocycles. The summed E-state index contributed by atoms with van der Waals surface area (Å²) in [6.07, 6.45) is 0. The Morgan fingerprint density at radius 3 is 2.26 bits per heavy atom. The fourth-order valence-electron chi connectivity index (χ4n) is 3.44. The molecule has 0 bridgehead atoms. The summed E-state index contributed by atoms with van der Waals surface area (Å²) in [6, 6.07) is 21.3. The van der Waals surface area contributed by atoms with E-state index in [1.165, 1.54) is 19.2 Å². The number of ether oxygens (including phenoxy) is 2. The molecular weight excluding hydrogens is 490 g/mol. The molecule has 0 unspecified atom stereocenters. The van der Waals surface area contributed by atoms with Crippen LogP contribution in [0.1, 0.15) is 0 Å². The molecular formula is C25H22ClN3O5S. The quantitative estimate of drug-likeness (QED) is 0.343. The largest absolute Gasteiger partial charge is 0.497 e. The highest BCUT2D eigenvalue weighted by atomic mass is 35.5. The van der Waals surface area contributed by atoms with E-state index in [0.29, 0.717) is 22.7 Å². The van der Waals surface area contributed by atoms with Gasteiger partial charge in [0, 0.05) is 11.5 Å². The van der Waals surface area contributed by atoms with Crippen molar-refractivity contribution in [3.05, 3.63) is 84.0 Å². The van der Waals surface area contributed by atoms with Gasteiger partial charge in [-0.3, -0.25) is 9.10 Å². The Kier molecular flexibility index (Phi) is 7.09. The molecule has 10 heteroatoms. The highest BCUT2D eigenvalue weighted by Crippen LogP contribution is 2.29. The SMILES string of the molecule is COc1ccc(N(CC(=O)Nc2cc3ccc(OC)cc3nc2Cl)S(=O)(=O)c2ccccc2)cc1. The third-order valence-corrected chi connectivity index (χ3v) is 7.31. The molecule has 0 saturated heterocycles. The molecule has 8 nitrogen and oxygen atoms in total. The second-order valence-corrected chi connectivity index (χ2v) is 9.68. The number of benzene rings is 3. The summed E-state index contributed by atoms with van der Waals surface area (Å²) in [6.45, 7) is -0.486. The van der Waals surface area contributed by atoms with Gasteiger partial charge < -0.3 is 14.8 Å². The molecule has 0 saturated carbocycles. The van der Waals surface area contributed by atoms with Crippen LogP contribution < -0.4 is 19.1 Å². The maximum atomic E-state index is 13.4. The first-order valence-electron chi connectivity index (χ1n) is 10.5. The van der Waals surface area contributed by atoms with E-state index in [4.69, 9.17) is 21.1 Å². The molecule has 180 valence electrons. The number of hydrogen-bond acceptors (Lipinski definition) is 6. The van der Waals surface area contributed by atoms with E-state index in [2.05, 4.69) is 10.3 Å². The summed E-state index contributed by atoms with van der Waals surface area (Å²) >= 11 is 6.30. The van der Waals surface area contributed by atoms with E-state index in [-0.39, 0.29) is 15.7 Å². The Balaban J connectivity index is 1.65. The lowest BCUT2D eigenvalue weighted by Gasteiger charge is -2.24. The summed E-state index contributed by atoms with van der Waals surface area (Å²) in [7, 11) is -0.981. The van der Waals surface area contributed by atoms with Crippen LogP contribution in [0.25, 0.3) is 10.9 Å². The van der Waals surface area contributed by atoms with E-state index in [9.17, 15) is 13.2 Å². The standard InChI is InChI=1S/C25H22ClN3O5S/c1-33-19-12-9-18(10-13-19)29(35(31,32)21-6-4-3-5-7-21)16-24(30)27-23-14-17-8-11-20(34-2)15-22(17)28-25(23)26/h3-15H,16H2,1-2H3,(H,27,30). The fraction of sp³-hybridized carbons (Fsp3) is 0.120. The third-order valence-electron chi connectivity index (χ3n) is 5.23. The molecule has 0 fully saturated rings. The number of nitrogens with zero attached hydrogens (tertiary/aromatic N) is 2. The van der Waals surface area contributed by atoms with E-state index in [1.807, 2.05) is 0 Å². The lowest BCUT2D eigenvalue weighted by Crippen LogP contribution is -2.38. The van der Waals surface area contributed by atoms with Crippen molar-refractivity contribution >= 4 is 49.8 Å². The lowest BCUT2D eigenvalue weighted by atomic mass is 10.2. The van der Waals surface area contributed by atoms with E-state index in [1.54, 1.807) is 73.8 Å². The summed E-state index contributed by atoms with van der Waals surface area (Å²) in [4.78, 5) is 17.4. The van der Waals surface area contributed by atoms with Crippen LogP contribution in [0.5, 0.6) is 11.5 Å². The number of methoxy groups -OCH3 is 2. The molecule has 0 atom stereocenters. The Labute approximate surface area is 208 Å². The van der Waals surface area contributed by atoms with Gasteiger partial charge in [0.15, 0.2) is 5.15 Å². The molecule has 1 N–H and O–H groups in total. The smallest absolute Gasteiger partial charge is 0.264 e. The van der Waals surface area contributed by atoms with Crippen molar-refractivity contribution in [2.75, 3.05) is 30.4 Å². The fourth-order valence-corrected chi connectivity index (χ4v) is 5.08. The maximum absolute atomic E-state index is 13.4. The van der Waals surface area contributed by atoms with Gasteiger partial charge in [-0.25, -0.2) is 13.4 Å². The molecule has 0 aliphatic rings. The second-order valence-electron chi connectivity index (χ2n) is 7.46. The average molecular weight is 512 g/mol. The van der Waals surface area contributed by atoms with Crippen molar-refractivity contribution in [3.63, 3.8) is 0 Å². The van der Waals surface area contributed by atoms with Crippen LogP contribution in [-0.4, -0.2) is 40.1 Å². The molecule has 35 heavy (non-hydrogen) atoms.